The summed E-state index contributed by atoms with van der Waals surface area (Å²) < 4.78 is 10.4. The zero-order valence-corrected chi connectivity index (χ0v) is 9.91. The number of rotatable bonds is 4. The molecule has 0 fully saturated rings. The number of aromatic amines is 1. The maximum atomic E-state index is 8.35. The van der Waals surface area contributed by atoms with Crippen LogP contribution in [0.15, 0.2) is 29.4 Å². The van der Waals surface area contributed by atoms with Crippen molar-refractivity contribution in [1.82, 2.24) is 10.2 Å². The Bertz CT molecular complexity index is 601. The van der Waals surface area contributed by atoms with E-state index in [1.54, 1.807) is 38.5 Å². The number of azide groups is 1. The van der Waals surface area contributed by atoms with Crippen LogP contribution in [0.25, 0.3) is 21.7 Å². The molecule has 0 aliphatic carbocycles. The van der Waals surface area contributed by atoms with Gasteiger partial charge in [0.2, 0.25) is 0 Å². The molecule has 1 N–H and O–H groups in total. The van der Waals surface area contributed by atoms with Gasteiger partial charge in [-0.2, -0.15) is 5.10 Å². The maximum Gasteiger partial charge on any atom is 0.128 e. The summed E-state index contributed by atoms with van der Waals surface area (Å²) in [5, 5.41) is 10.1. The van der Waals surface area contributed by atoms with Gasteiger partial charge in [0.25, 0.3) is 0 Å². The number of methoxy groups -OCH3 is 2. The highest BCUT2D eigenvalue weighted by Gasteiger charge is 2.10. The lowest BCUT2D eigenvalue weighted by atomic mass is 10.1. The Kier molecular flexibility index (Phi) is 3.36. The highest BCUT2D eigenvalue weighted by Crippen LogP contribution is 2.33. The van der Waals surface area contributed by atoms with E-state index < -0.39 is 0 Å². The van der Waals surface area contributed by atoms with Crippen molar-refractivity contribution in [1.29, 1.82) is 0 Å². The summed E-state index contributed by atoms with van der Waals surface area (Å²) in [6, 6.07) is 7.02. The zero-order valence-electron chi connectivity index (χ0n) is 9.91. The van der Waals surface area contributed by atoms with Crippen LogP contribution < -0.4 is 9.47 Å². The summed E-state index contributed by atoms with van der Waals surface area (Å²) in [4.78, 5) is 2.69. The Morgan fingerprint density at radius 3 is 2.78 bits per heavy atom. The summed E-state index contributed by atoms with van der Waals surface area (Å²) in [5.74, 6) is 1.70. The van der Waals surface area contributed by atoms with Crippen molar-refractivity contribution in [3.05, 3.63) is 34.7 Å². The fraction of sp³-hybridized carbons (Fsp3) is 0.182. The van der Waals surface area contributed by atoms with Gasteiger partial charge in [0, 0.05) is 10.5 Å². The molecule has 92 valence electrons. The molecule has 0 amide bonds. The Morgan fingerprint density at radius 1 is 1.28 bits per heavy atom. The summed E-state index contributed by atoms with van der Waals surface area (Å²) in [7, 11) is 3.16. The minimum Gasteiger partial charge on any atom is -0.497 e. The number of benzene rings is 1. The van der Waals surface area contributed by atoms with Crippen LogP contribution in [0.2, 0.25) is 0 Å². The van der Waals surface area contributed by atoms with Gasteiger partial charge in [-0.3, -0.25) is 5.10 Å². The minimum absolute atomic E-state index is 0.345. The molecule has 0 bridgehead atoms. The molecular formula is C11H11N5O2. The molecule has 18 heavy (non-hydrogen) atoms. The van der Waals surface area contributed by atoms with Gasteiger partial charge in [0.05, 0.1) is 19.9 Å². The molecule has 0 saturated heterocycles. The van der Waals surface area contributed by atoms with E-state index in [9.17, 15) is 0 Å². The van der Waals surface area contributed by atoms with Gasteiger partial charge in [-0.1, -0.05) is 0 Å². The van der Waals surface area contributed by atoms with Gasteiger partial charge >= 0.3 is 0 Å². The predicted octanol–water partition coefficient (Wildman–Crippen LogP) is 3.04. The van der Waals surface area contributed by atoms with Gasteiger partial charge in [0.15, 0.2) is 0 Å². The van der Waals surface area contributed by atoms with Crippen molar-refractivity contribution in [3.63, 3.8) is 0 Å². The third-order valence-electron chi connectivity index (χ3n) is 2.40. The Labute approximate surface area is 103 Å². The zero-order chi connectivity index (χ0) is 13.0. The van der Waals surface area contributed by atoms with E-state index in [-0.39, 0.29) is 0 Å². The average molecular weight is 245 g/mol. The maximum absolute atomic E-state index is 8.35. The number of ether oxygens (including phenoxy) is 2. The molecule has 0 atom stereocenters. The number of nitrogens with zero attached hydrogens (tertiary/aromatic N) is 4. The topological polar surface area (TPSA) is 95.9 Å². The summed E-state index contributed by atoms with van der Waals surface area (Å²) >= 11 is 0. The summed E-state index contributed by atoms with van der Waals surface area (Å²) in [5.41, 5.74) is 9.72. The van der Waals surface area contributed by atoms with Gasteiger partial charge in [-0.25, -0.2) is 0 Å². The van der Waals surface area contributed by atoms with E-state index in [2.05, 4.69) is 20.2 Å². The normalized spacial score (nSPS) is 9.67. The van der Waals surface area contributed by atoms with Crippen LogP contribution in [-0.4, -0.2) is 24.4 Å². The highest BCUT2D eigenvalue weighted by atomic mass is 16.5. The summed E-state index contributed by atoms with van der Waals surface area (Å²) in [6.45, 7) is 0. The second-order valence-electron chi connectivity index (χ2n) is 3.39. The standard InChI is InChI=1S/C11H11N5O2/c1-17-7-3-4-10(18-2)8(5-7)9-6-11(14-13-9)15-16-12/h3-6H,1-2H3,(H,13,14). The smallest absolute Gasteiger partial charge is 0.128 e. The van der Waals surface area contributed by atoms with Crippen LogP contribution in [0, 0.1) is 0 Å². The molecular weight excluding hydrogens is 234 g/mol. The molecule has 1 aromatic carbocycles. The Morgan fingerprint density at radius 2 is 2.11 bits per heavy atom. The molecule has 0 aliphatic heterocycles. The van der Waals surface area contributed by atoms with Crippen molar-refractivity contribution in [2.24, 2.45) is 5.11 Å². The van der Waals surface area contributed by atoms with Gasteiger partial charge < -0.3 is 9.47 Å². The minimum atomic E-state index is 0.345. The molecule has 0 spiro atoms. The quantitative estimate of drug-likeness (QED) is 0.509. The molecule has 2 aromatic rings. The lowest BCUT2D eigenvalue weighted by Crippen LogP contribution is -1.90. The lowest BCUT2D eigenvalue weighted by molar-refractivity contribution is 0.404. The molecule has 7 heteroatoms. The monoisotopic (exact) mass is 245 g/mol. The van der Waals surface area contributed by atoms with Gasteiger partial charge in [-0.15, -0.1) is 0 Å². The van der Waals surface area contributed by atoms with Crippen molar-refractivity contribution in [2.45, 2.75) is 0 Å². The molecule has 1 heterocycles. The fourth-order valence-electron chi connectivity index (χ4n) is 1.56. The van der Waals surface area contributed by atoms with Crippen molar-refractivity contribution < 1.29 is 9.47 Å². The number of H-pyrrole nitrogens is 1. The number of nitrogens with one attached hydrogen (secondary N) is 1. The molecule has 1 aromatic heterocycles. The van der Waals surface area contributed by atoms with E-state index in [0.717, 1.165) is 5.56 Å². The van der Waals surface area contributed by atoms with Gasteiger partial charge in [0.1, 0.15) is 17.3 Å². The second-order valence-corrected chi connectivity index (χ2v) is 3.39. The predicted molar refractivity (Wildman–Crippen MR) is 65.9 cm³/mol. The Balaban J connectivity index is 2.49. The summed E-state index contributed by atoms with van der Waals surface area (Å²) in [6.07, 6.45) is 0. The van der Waals surface area contributed by atoms with E-state index in [4.69, 9.17) is 15.0 Å². The van der Waals surface area contributed by atoms with E-state index in [1.165, 1.54) is 0 Å². The van der Waals surface area contributed by atoms with Crippen molar-refractivity contribution in [2.75, 3.05) is 14.2 Å². The van der Waals surface area contributed by atoms with Crippen LogP contribution in [0.4, 0.5) is 5.82 Å². The first-order valence-electron chi connectivity index (χ1n) is 5.11. The second kappa shape index (κ2) is 5.11. The van der Waals surface area contributed by atoms with Crippen LogP contribution in [0.3, 0.4) is 0 Å². The van der Waals surface area contributed by atoms with Crippen LogP contribution in [0.5, 0.6) is 11.5 Å². The van der Waals surface area contributed by atoms with Gasteiger partial charge in [-0.05, 0) is 34.9 Å². The SMILES string of the molecule is COc1ccc(OC)c(-c2cc(N=[N+]=[N-])[nH]n2)c1. The first-order chi connectivity index (χ1) is 8.78. The van der Waals surface area contributed by atoms with Crippen LogP contribution in [-0.2, 0) is 0 Å². The highest BCUT2D eigenvalue weighted by molar-refractivity contribution is 5.70. The average Bonchev–Trinajstić information content (AvgIpc) is 2.87. The van der Waals surface area contributed by atoms with E-state index in [0.29, 0.717) is 23.0 Å². The third-order valence-corrected chi connectivity index (χ3v) is 2.40. The Hall–Kier alpha value is -2.66. The number of hydrogen-bond donors (Lipinski definition) is 1. The first kappa shape index (κ1) is 11.8. The first-order valence-corrected chi connectivity index (χ1v) is 5.11. The molecule has 0 unspecified atom stereocenters. The lowest BCUT2D eigenvalue weighted by Gasteiger charge is -2.08. The molecule has 0 aliphatic rings. The van der Waals surface area contributed by atoms with Crippen LogP contribution >= 0.6 is 0 Å². The van der Waals surface area contributed by atoms with Crippen molar-refractivity contribution in [3.8, 4) is 22.8 Å². The third kappa shape index (κ3) is 2.21. The molecule has 0 radical (unpaired) electrons. The van der Waals surface area contributed by atoms with E-state index in [1.807, 2.05) is 0 Å². The number of aromatic nitrogens is 2. The van der Waals surface area contributed by atoms with E-state index >= 15 is 0 Å². The molecule has 0 saturated carbocycles. The number of hydrogen-bond acceptors (Lipinski definition) is 4. The fourth-order valence-corrected chi connectivity index (χ4v) is 1.56. The molecule has 7 nitrogen and oxygen atoms in total. The largest absolute Gasteiger partial charge is 0.497 e. The molecule has 2 rings (SSSR count). The van der Waals surface area contributed by atoms with Crippen LogP contribution in [0.1, 0.15) is 0 Å². The van der Waals surface area contributed by atoms with Crippen molar-refractivity contribution >= 4 is 5.82 Å².